The molecule has 1 aliphatic rings. The van der Waals surface area contributed by atoms with Crippen molar-refractivity contribution in [1.29, 1.82) is 0 Å². The van der Waals surface area contributed by atoms with E-state index >= 15 is 0 Å². The molecule has 0 saturated carbocycles. The Bertz CT molecular complexity index is 658. The van der Waals surface area contributed by atoms with Crippen molar-refractivity contribution in [2.24, 2.45) is 0 Å². The molecule has 0 radical (unpaired) electrons. The van der Waals surface area contributed by atoms with E-state index in [-0.39, 0.29) is 11.9 Å². The molecule has 1 aliphatic heterocycles. The Kier molecular flexibility index (Phi) is 3.83. The van der Waals surface area contributed by atoms with Crippen LogP contribution in [-0.2, 0) is 6.54 Å². The minimum atomic E-state index is 0.110. The molecule has 2 aromatic rings. The molecule has 3 nitrogen and oxygen atoms in total. The standard InChI is InChI=1S/C17H20N2OS/c1-11-8-16(21-13(11)3)17(20)19-10-12(2)18-9-14-6-4-5-7-15(14)19/h4-8,12,18H,9-10H2,1-3H3. The van der Waals surface area contributed by atoms with Crippen molar-refractivity contribution in [3.63, 3.8) is 0 Å². The number of thiophene rings is 1. The lowest BCUT2D eigenvalue weighted by molar-refractivity contribution is 0.0989. The van der Waals surface area contributed by atoms with Crippen molar-refractivity contribution in [2.75, 3.05) is 11.4 Å². The van der Waals surface area contributed by atoms with Crippen LogP contribution < -0.4 is 10.2 Å². The Morgan fingerprint density at radius 1 is 1.33 bits per heavy atom. The maximum absolute atomic E-state index is 12.9. The van der Waals surface area contributed by atoms with Crippen LogP contribution in [0.5, 0.6) is 0 Å². The van der Waals surface area contributed by atoms with Gasteiger partial charge in [-0.1, -0.05) is 18.2 Å². The van der Waals surface area contributed by atoms with Gasteiger partial charge >= 0.3 is 0 Å². The first kappa shape index (κ1) is 14.3. The van der Waals surface area contributed by atoms with Crippen molar-refractivity contribution >= 4 is 22.9 Å². The number of hydrogen-bond donors (Lipinski definition) is 1. The summed E-state index contributed by atoms with van der Waals surface area (Å²) in [4.78, 5) is 16.9. The summed E-state index contributed by atoms with van der Waals surface area (Å²) >= 11 is 1.59. The molecule has 21 heavy (non-hydrogen) atoms. The van der Waals surface area contributed by atoms with Crippen LogP contribution in [0.3, 0.4) is 0 Å². The number of carbonyl (C=O) groups is 1. The Morgan fingerprint density at radius 2 is 2.10 bits per heavy atom. The highest BCUT2D eigenvalue weighted by atomic mass is 32.1. The fraction of sp³-hybridized carbons (Fsp3) is 0.353. The number of nitrogens with one attached hydrogen (secondary N) is 1. The van der Waals surface area contributed by atoms with Gasteiger partial charge < -0.3 is 10.2 Å². The van der Waals surface area contributed by atoms with Crippen LogP contribution >= 0.6 is 11.3 Å². The molecule has 0 bridgehead atoms. The van der Waals surface area contributed by atoms with Gasteiger partial charge in [0.05, 0.1) is 4.88 Å². The topological polar surface area (TPSA) is 32.3 Å². The van der Waals surface area contributed by atoms with Crippen LogP contribution in [0.4, 0.5) is 5.69 Å². The second-order valence-corrected chi connectivity index (χ2v) is 6.93. The molecule has 1 aromatic heterocycles. The van der Waals surface area contributed by atoms with E-state index in [1.54, 1.807) is 11.3 Å². The summed E-state index contributed by atoms with van der Waals surface area (Å²) in [6.07, 6.45) is 0. The summed E-state index contributed by atoms with van der Waals surface area (Å²) in [5.74, 6) is 0.110. The third-order valence-electron chi connectivity index (χ3n) is 4.00. The van der Waals surface area contributed by atoms with Gasteiger partial charge in [0.1, 0.15) is 0 Å². The van der Waals surface area contributed by atoms with Gasteiger partial charge in [0.2, 0.25) is 0 Å². The minimum absolute atomic E-state index is 0.110. The molecule has 0 fully saturated rings. The van der Waals surface area contributed by atoms with E-state index < -0.39 is 0 Å². The maximum Gasteiger partial charge on any atom is 0.268 e. The molecular formula is C17H20N2OS. The lowest BCUT2D eigenvalue weighted by atomic mass is 10.1. The highest BCUT2D eigenvalue weighted by molar-refractivity contribution is 7.14. The summed E-state index contributed by atoms with van der Waals surface area (Å²) in [6.45, 7) is 7.76. The third-order valence-corrected chi connectivity index (χ3v) is 5.14. The largest absolute Gasteiger partial charge is 0.308 e. The molecule has 1 N–H and O–H groups in total. The average Bonchev–Trinajstić information content (AvgIpc) is 2.72. The fourth-order valence-corrected chi connectivity index (χ4v) is 3.63. The Balaban J connectivity index is 2.01. The van der Waals surface area contributed by atoms with Gasteiger partial charge in [0.25, 0.3) is 5.91 Å². The number of nitrogens with zero attached hydrogens (tertiary/aromatic N) is 1. The first-order chi connectivity index (χ1) is 10.1. The van der Waals surface area contributed by atoms with Gasteiger partial charge in [-0.05, 0) is 44.0 Å². The molecule has 1 amide bonds. The Morgan fingerprint density at radius 3 is 2.81 bits per heavy atom. The summed E-state index contributed by atoms with van der Waals surface area (Å²) < 4.78 is 0. The van der Waals surface area contributed by atoms with E-state index in [9.17, 15) is 4.79 Å². The number of anilines is 1. The van der Waals surface area contributed by atoms with Crippen molar-refractivity contribution < 1.29 is 4.79 Å². The smallest absolute Gasteiger partial charge is 0.268 e. The number of carbonyl (C=O) groups excluding carboxylic acids is 1. The highest BCUT2D eigenvalue weighted by Gasteiger charge is 2.25. The number of benzene rings is 1. The zero-order chi connectivity index (χ0) is 15.0. The lowest BCUT2D eigenvalue weighted by Crippen LogP contribution is -2.39. The number of para-hydroxylation sites is 1. The summed E-state index contributed by atoms with van der Waals surface area (Å²) in [5, 5.41) is 3.46. The quantitative estimate of drug-likeness (QED) is 0.874. The van der Waals surface area contributed by atoms with Gasteiger partial charge in [-0.25, -0.2) is 0 Å². The molecule has 1 unspecified atom stereocenters. The monoisotopic (exact) mass is 300 g/mol. The molecule has 1 aromatic carbocycles. The van der Waals surface area contributed by atoms with Crippen LogP contribution in [0.15, 0.2) is 30.3 Å². The zero-order valence-electron chi connectivity index (χ0n) is 12.6. The molecule has 0 aliphatic carbocycles. The molecule has 3 rings (SSSR count). The molecule has 0 saturated heterocycles. The van der Waals surface area contributed by atoms with Gasteiger partial charge in [-0.3, -0.25) is 4.79 Å². The predicted octanol–water partition coefficient (Wildman–Crippen LogP) is 3.50. The first-order valence-corrected chi connectivity index (χ1v) is 8.08. The maximum atomic E-state index is 12.9. The van der Waals surface area contributed by atoms with Crippen LogP contribution in [0.25, 0.3) is 0 Å². The van der Waals surface area contributed by atoms with Crippen LogP contribution in [0.2, 0.25) is 0 Å². The molecule has 4 heteroatoms. The van der Waals surface area contributed by atoms with E-state index in [2.05, 4.69) is 32.2 Å². The second kappa shape index (κ2) is 5.62. The molecule has 2 heterocycles. The van der Waals surface area contributed by atoms with Crippen molar-refractivity contribution in [3.8, 4) is 0 Å². The Labute approximate surface area is 129 Å². The normalized spacial score (nSPS) is 18.2. The van der Waals surface area contributed by atoms with E-state index in [0.29, 0.717) is 6.54 Å². The number of fused-ring (bicyclic) bond motifs is 1. The summed E-state index contributed by atoms with van der Waals surface area (Å²) in [7, 11) is 0. The molecule has 1 atom stereocenters. The molecule has 0 spiro atoms. The van der Waals surface area contributed by atoms with E-state index in [0.717, 1.165) is 17.1 Å². The van der Waals surface area contributed by atoms with Crippen molar-refractivity contribution in [3.05, 3.63) is 51.2 Å². The van der Waals surface area contributed by atoms with Crippen LogP contribution in [0.1, 0.15) is 32.6 Å². The van der Waals surface area contributed by atoms with E-state index in [1.807, 2.05) is 29.2 Å². The molecular weight excluding hydrogens is 280 g/mol. The number of rotatable bonds is 1. The number of aryl methyl sites for hydroxylation is 2. The fourth-order valence-electron chi connectivity index (χ4n) is 2.65. The SMILES string of the molecule is Cc1cc(C(=O)N2CC(C)NCc3ccccc32)sc1C. The number of hydrogen-bond acceptors (Lipinski definition) is 3. The van der Waals surface area contributed by atoms with E-state index in [1.165, 1.54) is 16.0 Å². The van der Waals surface area contributed by atoms with Crippen LogP contribution in [0, 0.1) is 13.8 Å². The summed E-state index contributed by atoms with van der Waals surface area (Å²) in [5.41, 5.74) is 3.40. The Hall–Kier alpha value is -1.65. The first-order valence-electron chi connectivity index (χ1n) is 7.26. The van der Waals surface area contributed by atoms with Crippen molar-refractivity contribution in [1.82, 2.24) is 5.32 Å². The van der Waals surface area contributed by atoms with Crippen molar-refractivity contribution in [2.45, 2.75) is 33.4 Å². The van der Waals surface area contributed by atoms with Crippen LogP contribution in [-0.4, -0.2) is 18.5 Å². The second-order valence-electron chi connectivity index (χ2n) is 5.68. The molecule has 110 valence electrons. The van der Waals surface area contributed by atoms with Gasteiger partial charge in [0.15, 0.2) is 0 Å². The zero-order valence-corrected chi connectivity index (χ0v) is 13.5. The van der Waals surface area contributed by atoms with Gasteiger partial charge in [-0.2, -0.15) is 0 Å². The highest BCUT2D eigenvalue weighted by Crippen LogP contribution is 2.28. The summed E-state index contributed by atoms with van der Waals surface area (Å²) in [6, 6.07) is 10.4. The predicted molar refractivity (Wildman–Crippen MR) is 88.2 cm³/mol. The average molecular weight is 300 g/mol. The third kappa shape index (κ3) is 2.74. The van der Waals surface area contributed by atoms with Gasteiger partial charge in [0, 0.05) is 29.7 Å². The minimum Gasteiger partial charge on any atom is -0.308 e. The van der Waals surface area contributed by atoms with Gasteiger partial charge in [-0.15, -0.1) is 11.3 Å². The number of amides is 1. The van der Waals surface area contributed by atoms with E-state index in [4.69, 9.17) is 0 Å². The lowest BCUT2D eigenvalue weighted by Gasteiger charge is -2.23.